The Hall–Kier alpha value is -2.68. The van der Waals surface area contributed by atoms with Crippen LogP contribution in [-0.4, -0.2) is 18.6 Å². The number of nitrogens with one attached hydrogen (secondary N) is 1. The van der Waals surface area contributed by atoms with Crippen LogP contribution in [0.1, 0.15) is 30.9 Å². The van der Waals surface area contributed by atoms with Crippen LogP contribution in [0.5, 0.6) is 11.5 Å². The third-order valence-corrected chi connectivity index (χ3v) is 4.97. The predicted octanol–water partition coefficient (Wildman–Crippen LogP) is 5.16. The second kappa shape index (κ2) is 9.69. The zero-order chi connectivity index (χ0) is 20.8. The highest BCUT2D eigenvalue weighted by Gasteiger charge is 2.24. The van der Waals surface area contributed by atoms with Crippen molar-refractivity contribution in [3.05, 3.63) is 63.1 Å². The Bertz CT molecular complexity index is 979. The second-order valence-electron chi connectivity index (χ2n) is 6.59. The lowest BCUT2D eigenvalue weighted by Gasteiger charge is -2.13. The molecule has 1 N–H and O–H groups in total. The number of benzene rings is 2. The van der Waals surface area contributed by atoms with Gasteiger partial charge in [0.2, 0.25) is 0 Å². The number of amides is 1. The largest absolute Gasteiger partial charge is 0.490 e. The van der Waals surface area contributed by atoms with Gasteiger partial charge in [-0.1, -0.05) is 35.3 Å². The average Bonchev–Trinajstić information content (AvgIpc) is 3.52. The molecule has 29 heavy (non-hydrogen) atoms. The minimum Gasteiger partial charge on any atom is -0.490 e. The lowest BCUT2D eigenvalue weighted by atomic mass is 10.1. The van der Waals surface area contributed by atoms with Gasteiger partial charge in [-0.25, -0.2) is 0 Å². The van der Waals surface area contributed by atoms with Crippen LogP contribution < -0.4 is 14.8 Å². The Labute approximate surface area is 179 Å². The van der Waals surface area contributed by atoms with Crippen LogP contribution in [-0.2, 0) is 11.4 Å². The molecule has 0 atom stereocenters. The summed E-state index contributed by atoms with van der Waals surface area (Å²) in [4.78, 5) is 12.1. The van der Waals surface area contributed by atoms with Crippen LogP contribution in [0.15, 0.2) is 42.0 Å². The van der Waals surface area contributed by atoms with E-state index >= 15 is 0 Å². The molecule has 1 aliphatic rings. The van der Waals surface area contributed by atoms with E-state index < -0.39 is 0 Å². The van der Waals surface area contributed by atoms with Crippen LogP contribution in [0, 0.1) is 11.3 Å². The van der Waals surface area contributed by atoms with Crippen molar-refractivity contribution in [1.82, 2.24) is 5.32 Å². The first-order valence-corrected chi connectivity index (χ1v) is 10.0. The Morgan fingerprint density at radius 1 is 1.17 bits per heavy atom. The molecule has 0 bridgehead atoms. The minimum absolute atomic E-state index is 0.0591. The Balaban J connectivity index is 1.76. The van der Waals surface area contributed by atoms with E-state index in [0.717, 1.165) is 18.4 Å². The van der Waals surface area contributed by atoms with Gasteiger partial charge in [0, 0.05) is 6.04 Å². The summed E-state index contributed by atoms with van der Waals surface area (Å²) >= 11 is 12.0. The first kappa shape index (κ1) is 21.0. The van der Waals surface area contributed by atoms with Crippen LogP contribution in [0.2, 0.25) is 10.0 Å². The fourth-order valence-electron chi connectivity index (χ4n) is 2.60. The maximum absolute atomic E-state index is 12.1. The monoisotopic (exact) mass is 430 g/mol. The normalized spacial score (nSPS) is 13.5. The third-order valence-electron chi connectivity index (χ3n) is 4.23. The van der Waals surface area contributed by atoms with E-state index in [1.165, 1.54) is 0 Å². The van der Waals surface area contributed by atoms with Crippen molar-refractivity contribution in [3.63, 3.8) is 0 Å². The molecule has 7 heteroatoms. The van der Waals surface area contributed by atoms with Crippen molar-refractivity contribution >= 4 is 35.2 Å². The summed E-state index contributed by atoms with van der Waals surface area (Å²) in [6.07, 6.45) is 3.47. The molecular formula is C22H20Cl2N2O3. The van der Waals surface area contributed by atoms with Gasteiger partial charge in [0.15, 0.2) is 11.5 Å². The number of rotatable bonds is 8. The van der Waals surface area contributed by atoms with E-state index in [-0.39, 0.29) is 17.5 Å². The van der Waals surface area contributed by atoms with Gasteiger partial charge in [-0.15, -0.1) is 0 Å². The van der Waals surface area contributed by atoms with Crippen LogP contribution in [0.25, 0.3) is 6.08 Å². The van der Waals surface area contributed by atoms with Gasteiger partial charge in [0.1, 0.15) is 18.2 Å². The number of hydrogen-bond acceptors (Lipinski definition) is 4. The molecule has 1 fully saturated rings. The highest BCUT2D eigenvalue weighted by molar-refractivity contribution is 6.42. The molecule has 5 nitrogen and oxygen atoms in total. The number of nitriles is 1. The summed E-state index contributed by atoms with van der Waals surface area (Å²) in [5, 5.41) is 13.1. The van der Waals surface area contributed by atoms with Gasteiger partial charge < -0.3 is 14.8 Å². The summed E-state index contributed by atoms with van der Waals surface area (Å²) in [6.45, 7) is 2.61. The fourth-order valence-corrected chi connectivity index (χ4v) is 2.92. The lowest BCUT2D eigenvalue weighted by Crippen LogP contribution is -2.26. The van der Waals surface area contributed by atoms with Gasteiger partial charge in [-0.3, -0.25) is 4.79 Å². The van der Waals surface area contributed by atoms with Crippen molar-refractivity contribution in [2.45, 2.75) is 32.4 Å². The molecule has 0 aliphatic heterocycles. The second-order valence-corrected chi connectivity index (χ2v) is 7.41. The number of hydrogen-bond donors (Lipinski definition) is 1. The summed E-state index contributed by atoms with van der Waals surface area (Å²) in [5.41, 5.74) is 1.61. The standard InChI is InChI=1S/C22H20Cl2N2O3/c1-2-28-21-11-14(9-16(12-25)22(27)26-17-5-6-17)4-8-20(21)29-13-15-3-7-18(23)19(24)10-15/h3-4,7-11,17H,2,5-6,13H2,1H3,(H,26,27)/b16-9+. The van der Waals surface area contributed by atoms with Gasteiger partial charge in [-0.2, -0.15) is 5.26 Å². The molecule has 0 heterocycles. The number of nitrogens with zero attached hydrogens (tertiary/aromatic N) is 1. The Kier molecular flexibility index (Phi) is 7.03. The minimum atomic E-state index is -0.354. The van der Waals surface area contributed by atoms with Crippen LogP contribution in [0.4, 0.5) is 0 Å². The summed E-state index contributed by atoms with van der Waals surface area (Å²) in [7, 11) is 0. The molecule has 0 aromatic heterocycles. The fraction of sp³-hybridized carbons (Fsp3) is 0.273. The van der Waals surface area contributed by atoms with E-state index in [0.29, 0.717) is 40.3 Å². The Morgan fingerprint density at radius 2 is 1.97 bits per heavy atom. The van der Waals surface area contributed by atoms with Crippen molar-refractivity contribution < 1.29 is 14.3 Å². The molecule has 0 radical (unpaired) electrons. The Morgan fingerprint density at radius 3 is 2.62 bits per heavy atom. The van der Waals surface area contributed by atoms with Gasteiger partial charge >= 0.3 is 0 Å². The molecule has 2 aromatic rings. The first-order valence-electron chi connectivity index (χ1n) is 9.26. The summed E-state index contributed by atoms with van der Waals surface area (Å²) in [5.74, 6) is 0.727. The van der Waals surface area contributed by atoms with Crippen molar-refractivity contribution in [2.75, 3.05) is 6.61 Å². The van der Waals surface area contributed by atoms with Gasteiger partial charge in [0.25, 0.3) is 5.91 Å². The molecule has 0 spiro atoms. The van der Waals surface area contributed by atoms with E-state index in [9.17, 15) is 10.1 Å². The van der Waals surface area contributed by atoms with Gasteiger partial charge in [-0.05, 0) is 61.2 Å². The van der Waals surface area contributed by atoms with Crippen LogP contribution >= 0.6 is 23.2 Å². The summed E-state index contributed by atoms with van der Waals surface area (Å²) < 4.78 is 11.5. The quantitative estimate of drug-likeness (QED) is 0.463. The van der Waals surface area contributed by atoms with E-state index in [4.69, 9.17) is 32.7 Å². The van der Waals surface area contributed by atoms with Crippen molar-refractivity contribution in [3.8, 4) is 17.6 Å². The molecule has 1 aliphatic carbocycles. The summed E-state index contributed by atoms with van der Waals surface area (Å²) in [6, 6.07) is 12.7. The molecule has 3 rings (SSSR count). The zero-order valence-corrected chi connectivity index (χ0v) is 17.4. The van der Waals surface area contributed by atoms with E-state index in [1.54, 1.807) is 36.4 Å². The number of carbonyl (C=O) groups excluding carboxylic acids is 1. The molecule has 1 amide bonds. The molecule has 150 valence electrons. The molecule has 1 saturated carbocycles. The average molecular weight is 431 g/mol. The predicted molar refractivity (Wildman–Crippen MR) is 113 cm³/mol. The smallest absolute Gasteiger partial charge is 0.262 e. The number of ether oxygens (including phenoxy) is 2. The third kappa shape index (κ3) is 5.90. The SMILES string of the molecule is CCOc1cc(/C=C(\C#N)C(=O)NC2CC2)ccc1OCc1ccc(Cl)c(Cl)c1. The van der Waals surface area contributed by atoms with Crippen molar-refractivity contribution in [2.24, 2.45) is 0 Å². The molecule has 2 aromatic carbocycles. The molecule has 0 saturated heterocycles. The lowest BCUT2D eigenvalue weighted by molar-refractivity contribution is -0.117. The van der Waals surface area contributed by atoms with Crippen LogP contribution in [0.3, 0.4) is 0 Å². The zero-order valence-electron chi connectivity index (χ0n) is 15.9. The first-order chi connectivity index (χ1) is 14.0. The van der Waals surface area contributed by atoms with Gasteiger partial charge in [0.05, 0.1) is 16.7 Å². The topological polar surface area (TPSA) is 71.3 Å². The highest BCUT2D eigenvalue weighted by Crippen LogP contribution is 2.31. The van der Waals surface area contributed by atoms with E-state index in [1.807, 2.05) is 19.1 Å². The molecule has 0 unspecified atom stereocenters. The molecular weight excluding hydrogens is 411 g/mol. The van der Waals surface area contributed by atoms with E-state index in [2.05, 4.69) is 5.32 Å². The van der Waals surface area contributed by atoms with Crippen molar-refractivity contribution in [1.29, 1.82) is 5.26 Å². The number of halogens is 2. The maximum atomic E-state index is 12.1. The maximum Gasteiger partial charge on any atom is 0.262 e. The highest BCUT2D eigenvalue weighted by atomic mass is 35.5. The number of carbonyl (C=O) groups is 1.